The highest BCUT2D eigenvalue weighted by atomic mass is 16.3. The summed E-state index contributed by atoms with van der Waals surface area (Å²) in [5, 5.41) is 9.24. The molecule has 0 spiro atoms. The first kappa shape index (κ1) is 26.0. The van der Waals surface area contributed by atoms with Crippen molar-refractivity contribution in [2.45, 2.75) is 0 Å². The van der Waals surface area contributed by atoms with Gasteiger partial charge in [-0.05, 0) is 99.9 Å². The van der Waals surface area contributed by atoms with Crippen molar-refractivity contribution in [3.05, 3.63) is 164 Å². The van der Waals surface area contributed by atoms with Crippen LogP contribution in [-0.2, 0) is 0 Å². The third-order valence-corrected chi connectivity index (χ3v) is 9.43. The monoisotopic (exact) mass is 601 g/mol. The van der Waals surface area contributed by atoms with Gasteiger partial charge in [-0.1, -0.05) is 91.0 Å². The summed E-state index contributed by atoms with van der Waals surface area (Å²) >= 11 is 0. The van der Waals surface area contributed by atoms with E-state index in [4.69, 9.17) is 8.83 Å². The van der Waals surface area contributed by atoms with E-state index in [9.17, 15) is 0 Å². The molecule has 0 atom stereocenters. The van der Waals surface area contributed by atoms with Gasteiger partial charge in [-0.2, -0.15) is 0 Å². The highest BCUT2D eigenvalue weighted by molar-refractivity contribution is 6.27. The van der Waals surface area contributed by atoms with E-state index in [2.05, 4.69) is 157 Å². The summed E-state index contributed by atoms with van der Waals surface area (Å²) in [5.74, 6) is 0. The van der Waals surface area contributed by atoms with Crippen LogP contribution in [0.3, 0.4) is 0 Å². The molecule has 0 aliphatic heterocycles. The van der Waals surface area contributed by atoms with Crippen molar-refractivity contribution in [3.63, 3.8) is 0 Å². The normalized spacial score (nSPS) is 11.8. The third-order valence-electron chi connectivity index (χ3n) is 9.43. The van der Waals surface area contributed by atoms with Crippen LogP contribution in [0.5, 0.6) is 0 Å². The molecular weight excluding hydrogens is 574 g/mol. The molecule has 0 aliphatic rings. The molecule has 2 heterocycles. The molecule has 0 aliphatic carbocycles. The van der Waals surface area contributed by atoms with Crippen LogP contribution in [0.25, 0.3) is 76.5 Å². The Morgan fingerprint density at radius 2 is 1.00 bits per heavy atom. The zero-order valence-electron chi connectivity index (χ0n) is 25.4. The topological polar surface area (TPSA) is 29.5 Å². The molecule has 0 bridgehead atoms. The van der Waals surface area contributed by atoms with Crippen molar-refractivity contribution in [2.75, 3.05) is 4.90 Å². The molecule has 0 unspecified atom stereocenters. The SMILES string of the molecule is c1ccc(N(c2ccc3oc4ccc5c(ccc6oc7ccccc7c65)c4c3c2)c2ccccc2-c2ccc3ccccc3c2)cc1. The van der Waals surface area contributed by atoms with Crippen molar-refractivity contribution in [3.8, 4) is 11.1 Å². The van der Waals surface area contributed by atoms with Gasteiger partial charge in [0.25, 0.3) is 0 Å². The van der Waals surface area contributed by atoms with Crippen molar-refractivity contribution in [1.82, 2.24) is 0 Å². The molecule has 0 N–H and O–H groups in total. The maximum atomic E-state index is 6.48. The molecule has 0 fully saturated rings. The number of benzene rings is 8. The second kappa shape index (κ2) is 10.1. The molecular formula is C44H27NO2. The molecule has 0 amide bonds. The summed E-state index contributed by atoms with van der Waals surface area (Å²) in [6.07, 6.45) is 0. The Morgan fingerprint density at radius 3 is 1.83 bits per heavy atom. The Labute approximate surface area is 270 Å². The standard InChI is InChI=1S/C44H27NO2/c1-2-12-31(13-3-1)45(38-16-8-6-14-33(38)30-19-18-28-10-4-5-11-29(28)26-30)32-20-23-40-37(27-32)44-35-22-24-41-43(34(35)21-25-42(44)47-40)36-15-7-9-17-39(36)46-41/h1-27H. The van der Waals surface area contributed by atoms with E-state index in [-0.39, 0.29) is 0 Å². The Kier molecular flexibility index (Phi) is 5.57. The van der Waals surface area contributed by atoms with Gasteiger partial charge in [0.05, 0.1) is 5.69 Å². The number of hydrogen-bond donors (Lipinski definition) is 0. The Hall–Kier alpha value is -6.32. The van der Waals surface area contributed by atoms with Gasteiger partial charge in [0.15, 0.2) is 0 Å². The fourth-order valence-electron chi connectivity index (χ4n) is 7.31. The summed E-state index contributed by atoms with van der Waals surface area (Å²) < 4.78 is 12.7. The molecule has 10 aromatic rings. The first-order valence-corrected chi connectivity index (χ1v) is 15.9. The number of fused-ring (bicyclic) bond motifs is 10. The molecule has 3 nitrogen and oxygen atoms in total. The van der Waals surface area contributed by atoms with Crippen LogP contribution in [0, 0.1) is 0 Å². The van der Waals surface area contributed by atoms with E-state index in [1.54, 1.807) is 0 Å². The predicted molar refractivity (Wildman–Crippen MR) is 196 cm³/mol. The molecule has 0 radical (unpaired) electrons. The highest BCUT2D eigenvalue weighted by Crippen LogP contribution is 2.45. The van der Waals surface area contributed by atoms with Gasteiger partial charge in [-0.25, -0.2) is 0 Å². The molecule has 2 aromatic heterocycles. The van der Waals surface area contributed by atoms with Crippen LogP contribution in [0.4, 0.5) is 17.1 Å². The first-order valence-electron chi connectivity index (χ1n) is 15.9. The molecule has 0 saturated heterocycles. The number of furan rings is 2. The molecule has 47 heavy (non-hydrogen) atoms. The maximum Gasteiger partial charge on any atom is 0.136 e. The lowest BCUT2D eigenvalue weighted by Crippen LogP contribution is -2.11. The van der Waals surface area contributed by atoms with Crippen molar-refractivity contribution < 1.29 is 8.83 Å². The minimum Gasteiger partial charge on any atom is -0.456 e. The summed E-state index contributed by atoms with van der Waals surface area (Å²) in [7, 11) is 0. The summed E-state index contributed by atoms with van der Waals surface area (Å²) in [5.41, 5.74) is 9.14. The lowest BCUT2D eigenvalue weighted by molar-refractivity contribution is 0.668. The van der Waals surface area contributed by atoms with Crippen molar-refractivity contribution in [1.29, 1.82) is 0 Å². The predicted octanol–water partition coefficient (Wildman–Crippen LogP) is 12.9. The maximum absolute atomic E-state index is 6.48. The van der Waals surface area contributed by atoms with Crippen LogP contribution >= 0.6 is 0 Å². The van der Waals surface area contributed by atoms with E-state index >= 15 is 0 Å². The minimum absolute atomic E-state index is 0.865. The smallest absolute Gasteiger partial charge is 0.136 e. The summed E-state index contributed by atoms with van der Waals surface area (Å²) in [6, 6.07) is 57.9. The number of anilines is 3. The third kappa shape index (κ3) is 4.00. The van der Waals surface area contributed by atoms with Crippen LogP contribution in [0.2, 0.25) is 0 Å². The summed E-state index contributed by atoms with van der Waals surface area (Å²) in [6.45, 7) is 0. The first-order chi connectivity index (χ1) is 23.3. The van der Waals surface area contributed by atoms with E-state index in [0.29, 0.717) is 0 Å². The van der Waals surface area contributed by atoms with Crippen LogP contribution in [0.15, 0.2) is 173 Å². The van der Waals surface area contributed by atoms with E-state index in [1.165, 1.54) is 21.9 Å². The number of para-hydroxylation sites is 3. The quantitative estimate of drug-likeness (QED) is 0.201. The fourth-order valence-corrected chi connectivity index (χ4v) is 7.31. The van der Waals surface area contributed by atoms with Gasteiger partial charge >= 0.3 is 0 Å². The van der Waals surface area contributed by atoms with E-state index in [0.717, 1.165) is 71.7 Å². The van der Waals surface area contributed by atoms with Crippen LogP contribution in [-0.4, -0.2) is 0 Å². The average molecular weight is 602 g/mol. The fraction of sp³-hybridized carbons (Fsp3) is 0. The Balaban J connectivity index is 1.22. The van der Waals surface area contributed by atoms with Crippen LogP contribution in [0.1, 0.15) is 0 Å². The number of rotatable bonds is 4. The van der Waals surface area contributed by atoms with E-state index < -0.39 is 0 Å². The second-order valence-electron chi connectivity index (χ2n) is 12.1. The zero-order valence-corrected chi connectivity index (χ0v) is 25.4. The molecule has 8 aromatic carbocycles. The van der Waals surface area contributed by atoms with Gasteiger partial charge in [-0.15, -0.1) is 0 Å². The second-order valence-corrected chi connectivity index (χ2v) is 12.1. The van der Waals surface area contributed by atoms with Gasteiger partial charge in [0.1, 0.15) is 22.3 Å². The Bertz CT molecular complexity index is 2810. The molecule has 220 valence electrons. The molecule has 0 saturated carbocycles. The molecule has 3 heteroatoms. The average Bonchev–Trinajstić information content (AvgIpc) is 3.71. The number of nitrogens with zero attached hydrogens (tertiary/aromatic N) is 1. The minimum atomic E-state index is 0.865. The van der Waals surface area contributed by atoms with Gasteiger partial charge in [0, 0.05) is 38.5 Å². The lowest BCUT2D eigenvalue weighted by Gasteiger charge is -2.28. The number of hydrogen-bond acceptors (Lipinski definition) is 3. The van der Waals surface area contributed by atoms with Gasteiger partial charge in [-0.3, -0.25) is 0 Å². The van der Waals surface area contributed by atoms with Crippen LogP contribution < -0.4 is 4.90 Å². The highest BCUT2D eigenvalue weighted by Gasteiger charge is 2.20. The zero-order chi connectivity index (χ0) is 30.9. The lowest BCUT2D eigenvalue weighted by atomic mass is 9.98. The van der Waals surface area contributed by atoms with E-state index in [1.807, 2.05) is 12.1 Å². The van der Waals surface area contributed by atoms with Gasteiger partial charge < -0.3 is 13.7 Å². The Morgan fingerprint density at radius 1 is 0.362 bits per heavy atom. The molecule has 10 rings (SSSR count). The van der Waals surface area contributed by atoms with Crippen molar-refractivity contribution >= 4 is 82.5 Å². The van der Waals surface area contributed by atoms with Gasteiger partial charge in [0.2, 0.25) is 0 Å². The summed E-state index contributed by atoms with van der Waals surface area (Å²) in [4.78, 5) is 2.36. The van der Waals surface area contributed by atoms with Crippen molar-refractivity contribution in [2.24, 2.45) is 0 Å². The largest absolute Gasteiger partial charge is 0.456 e.